The molecule has 3 rings (SSSR count). The van der Waals surface area contributed by atoms with Crippen molar-refractivity contribution < 1.29 is 22.4 Å². The lowest BCUT2D eigenvalue weighted by Gasteiger charge is -2.23. The summed E-state index contributed by atoms with van der Waals surface area (Å²) >= 11 is 0. The molecule has 2 aromatic rings. The largest absolute Gasteiger partial charge is 0.484 e. The number of carbonyl (C=O) groups excluding carboxylic acids is 1. The quantitative estimate of drug-likeness (QED) is 0.816. The molecule has 0 spiro atoms. The number of aryl methyl sites for hydroxylation is 1. The van der Waals surface area contributed by atoms with Crippen LogP contribution in [0.15, 0.2) is 33.5 Å². The molecule has 0 radical (unpaired) electrons. The van der Waals surface area contributed by atoms with Crippen molar-refractivity contribution in [3.8, 4) is 5.75 Å². The van der Waals surface area contributed by atoms with Crippen LogP contribution in [0.4, 0.5) is 0 Å². The molecule has 0 aliphatic carbocycles. The minimum absolute atomic E-state index is 0.0633. The van der Waals surface area contributed by atoms with Crippen molar-refractivity contribution in [2.24, 2.45) is 0 Å². The molecule has 134 valence electrons. The van der Waals surface area contributed by atoms with E-state index in [4.69, 9.17) is 9.15 Å². The number of sulfone groups is 1. The van der Waals surface area contributed by atoms with Crippen molar-refractivity contribution in [2.75, 3.05) is 18.1 Å². The summed E-state index contributed by atoms with van der Waals surface area (Å²) in [6, 6.07) is 6.40. The average molecular weight is 365 g/mol. The van der Waals surface area contributed by atoms with Crippen molar-refractivity contribution in [3.63, 3.8) is 0 Å². The number of hydrogen-bond donors (Lipinski definition) is 1. The fourth-order valence-corrected chi connectivity index (χ4v) is 5.12. The summed E-state index contributed by atoms with van der Waals surface area (Å²) in [7, 11) is -3.10. The molecule has 1 aromatic heterocycles. The molecule has 8 heteroatoms. The van der Waals surface area contributed by atoms with Crippen LogP contribution in [-0.4, -0.2) is 38.0 Å². The molecule has 1 aliphatic rings. The summed E-state index contributed by atoms with van der Waals surface area (Å²) in [5.74, 6) is 0.00539. The van der Waals surface area contributed by atoms with Crippen LogP contribution in [0, 0.1) is 6.92 Å². The van der Waals surface area contributed by atoms with Crippen LogP contribution >= 0.6 is 0 Å². The summed E-state index contributed by atoms with van der Waals surface area (Å²) in [5.41, 5.74) is -0.0232. The number of rotatable bonds is 4. The van der Waals surface area contributed by atoms with Gasteiger partial charge in [0.15, 0.2) is 16.4 Å². The fourth-order valence-electron chi connectivity index (χ4n) is 3.03. The first-order chi connectivity index (χ1) is 11.7. The van der Waals surface area contributed by atoms with Crippen LogP contribution < -0.4 is 15.7 Å². The van der Waals surface area contributed by atoms with Gasteiger partial charge in [-0.3, -0.25) is 4.79 Å². The lowest BCUT2D eigenvalue weighted by atomic mass is 10.0. The highest BCUT2D eigenvalue weighted by molar-refractivity contribution is 7.91. The molecule has 2 heterocycles. The molecule has 0 saturated carbocycles. The first-order valence-electron chi connectivity index (χ1n) is 7.85. The number of nitrogens with one attached hydrogen (secondary N) is 1. The molecule has 1 aliphatic heterocycles. The predicted octanol–water partition coefficient (Wildman–Crippen LogP) is 1.17. The van der Waals surface area contributed by atoms with E-state index in [0.29, 0.717) is 17.8 Å². The van der Waals surface area contributed by atoms with Gasteiger partial charge in [-0.25, -0.2) is 13.2 Å². The third kappa shape index (κ3) is 4.01. The summed E-state index contributed by atoms with van der Waals surface area (Å²) in [6.45, 7) is 3.27. The van der Waals surface area contributed by atoms with E-state index in [2.05, 4.69) is 5.32 Å². The van der Waals surface area contributed by atoms with E-state index in [9.17, 15) is 18.0 Å². The zero-order valence-electron chi connectivity index (χ0n) is 14.0. The molecule has 7 nitrogen and oxygen atoms in total. The van der Waals surface area contributed by atoms with Crippen LogP contribution in [-0.2, 0) is 14.6 Å². The third-order valence-electron chi connectivity index (χ3n) is 4.24. The van der Waals surface area contributed by atoms with Crippen LogP contribution in [0.25, 0.3) is 11.0 Å². The van der Waals surface area contributed by atoms with Gasteiger partial charge in [0.1, 0.15) is 11.3 Å². The molecule has 1 aromatic carbocycles. The number of amides is 1. The summed E-state index contributed by atoms with van der Waals surface area (Å²) in [6.07, 6.45) is 0.390. The van der Waals surface area contributed by atoms with E-state index >= 15 is 0 Å². The van der Waals surface area contributed by atoms with Crippen molar-refractivity contribution in [2.45, 2.75) is 25.8 Å². The molecule has 1 N–H and O–H groups in total. The molecule has 1 atom stereocenters. The Balaban J connectivity index is 1.66. The van der Waals surface area contributed by atoms with Crippen molar-refractivity contribution in [1.82, 2.24) is 5.32 Å². The first kappa shape index (κ1) is 17.5. The Bertz CT molecular complexity index is 994. The number of hydrogen-bond acceptors (Lipinski definition) is 6. The van der Waals surface area contributed by atoms with E-state index in [1.54, 1.807) is 25.1 Å². The van der Waals surface area contributed by atoms with Gasteiger partial charge in [0.05, 0.1) is 17.0 Å². The fraction of sp³-hybridized carbons (Fsp3) is 0.412. The molecule has 0 bridgehead atoms. The topological polar surface area (TPSA) is 103 Å². The average Bonchev–Trinajstić information content (AvgIpc) is 2.77. The third-order valence-corrected chi connectivity index (χ3v) is 6.14. The smallest absolute Gasteiger partial charge is 0.336 e. The highest BCUT2D eigenvalue weighted by Crippen LogP contribution is 2.24. The van der Waals surface area contributed by atoms with Crippen molar-refractivity contribution in [3.05, 3.63) is 40.2 Å². The SMILES string of the molecule is Cc1cc(=O)oc2cc(OCC(=O)N[C@@]3(C)CCS(=O)(=O)C3)ccc12. The molecule has 1 amide bonds. The second-order valence-electron chi connectivity index (χ2n) is 6.65. The second kappa shape index (κ2) is 6.18. The van der Waals surface area contributed by atoms with Crippen molar-refractivity contribution >= 4 is 26.7 Å². The maximum absolute atomic E-state index is 12.1. The maximum Gasteiger partial charge on any atom is 0.336 e. The number of fused-ring (bicyclic) bond motifs is 1. The molecule has 25 heavy (non-hydrogen) atoms. The van der Waals surface area contributed by atoms with E-state index in [-0.39, 0.29) is 18.1 Å². The van der Waals surface area contributed by atoms with Crippen LogP contribution in [0.5, 0.6) is 5.75 Å². The highest BCUT2D eigenvalue weighted by atomic mass is 32.2. The molecule has 1 fully saturated rings. The molecule has 0 unspecified atom stereocenters. The monoisotopic (exact) mass is 365 g/mol. The van der Waals surface area contributed by atoms with Crippen LogP contribution in [0.3, 0.4) is 0 Å². The number of carbonyl (C=O) groups is 1. The number of benzene rings is 1. The lowest BCUT2D eigenvalue weighted by molar-refractivity contribution is -0.124. The highest BCUT2D eigenvalue weighted by Gasteiger charge is 2.39. The van der Waals surface area contributed by atoms with Gasteiger partial charge in [-0.15, -0.1) is 0 Å². The van der Waals surface area contributed by atoms with E-state index in [1.807, 2.05) is 6.92 Å². The van der Waals surface area contributed by atoms with Gasteiger partial charge in [0.25, 0.3) is 5.91 Å². The minimum atomic E-state index is -3.10. The summed E-state index contributed by atoms with van der Waals surface area (Å²) in [4.78, 5) is 23.5. The predicted molar refractivity (Wildman–Crippen MR) is 92.5 cm³/mol. The Hall–Kier alpha value is -2.35. The zero-order chi connectivity index (χ0) is 18.2. The Labute approximate surface area is 144 Å². The Morgan fingerprint density at radius 2 is 2.12 bits per heavy atom. The van der Waals surface area contributed by atoms with E-state index < -0.39 is 26.9 Å². The van der Waals surface area contributed by atoms with Gasteiger partial charge in [-0.2, -0.15) is 0 Å². The maximum atomic E-state index is 12.1. The number of ether oxygens (including phenoxy) is 1. The second-order valence-corrected chi connectivity index (χ2v) is 8.83. The molecule has 1 saturated heterocycles. The van der Waals surface area contributed by atoms with Gasteiger partial charge in [-0.05, 0) is 38.0 Å². The molecular formula is C17H19NO6S. The van der Waals surface area contributed by atoms with Gasteiger partial charge >= 0.3 is 5.63 Å². The Kier molecular flexibility index (Phi) is 4.32. The minimum Gasteiger partial charge on any atom is -0.484 e. The Morgan fingerprint density at radius 3 is 2.80 bits per heavy atom. The van der Waals surface area contributed by atoms with Gasteiger partial charge in [0, 0.05) is 17.5 Å². The standard InChI is InChI=1S/C17H19NO6S/c1-11-7-16(20)24-14-8-12(3-4-13(11)14)23-9-15(19)18-17(2)5-6-25(21,22)10-17/h3-4,7-8H,5-6,9-10H2,1-2H3,(H,18,19)/t17-/m0/s1. The zero-order valence-corrected chi connectivity index (χ0v) is 14.8. The normalized spacial score (nSPS) is 22.0. The first-order valence-corrected chi connectivity index (χ1v) is 9.67. The summed E-state index contributed by atoms with van der Waals surface area (Å²) in [5, 5.41) is 3.51. The van der Waals surface area contributed by atoms with Crippen LogP contribution in [0.1, 0.15) is 18.9 Å². The van der Waals surface area contributed by atoms with E-state index in [1.165, 1.54) is 6.07 Å². The van der Waals surface area contributed by atoms with E-state index in [0.717, 1.165) is 10.9 Å². The lowest BCUT2D eigenvalue weighted by Crippen LogP contribution is -2.48. The van der Waals surface area contributed by atoms with Crippen molar-refractivity contribution in [1.29, 1.82) is 0 Å². The van der Waals surface area contributed by atoms with Gasteiger partial charge < -0.3 is 14.5 Å². The Morgan fingerprint density at radius 1 is 1.36 bits per heavy atom. The molecular weight excluding hydrogens is 346 g/mol. The van der Waals surface area contributed by atoms with Crippen LogP contribution in [0.2, 0.25) is 0 Å². The van der Waals surface area contributed by atoms with Gasteiger partial charge in [-0.1, -0.05) is 0 Å². The summed E-state index contributed by atoms with van der Waals surface area (Å²) < 4.78 is 33.7. The van der Waals surface area contributed by atoms with Gasteiger partial charge in [0.2, 0.25) is 0 Å².